The van der Waals surface area contributed by atoms with Gasteiger partial charge < -0.3 is 5.11 Å². The van der Waals surface area contributed by atoms with Gasteiger partial charge in [-0.1, -0.05) is 41.5 Å². The fourth-order valence-corrected chi connectivity index (χ4v) is 3.46. The number of carboxylic acid groups (broad SMARTS) is 1. The molecule has 4 N–H and O–H groups in total. The zero-order chi connectivity index (χ0) is 17.6. The highest BCUT2D eigenvalue weighted by Crippen LogP contribution is 2.33. The minimum Gasteiger partial charge on any atom is -0.480 e. The highest BCUT2D eigenvalue weighted by Gasteiger charge is 2.27. The van der Waals surface area contributed by atoms with Crippen molar-refractivity contribution in [2.45, 2.75) is 67.3 Å². The predicted octanol–water partition coefficient (Wildman–Crippen LogP) is 3.21. The third-order valence-electron chi connectivity index (χ3n) is 3.16. The monoisotopic (exact) mass is 335 g/mol. The van der Waals surface area contributed by atoms with Gasteiger partial charge in [-0.2, -0.15) is 0 Å². The van der Waals surface area contributed by atoms with Crippen molar-refractivity contribution in [2.24, 2.45) is 10.8 Å². The molecule has 0 aromatic rings. The Morgan fingerprint density at radius 3 is 1.64 bits per heavy atom. The van der Waals surface area contributed by atoms with Crippen LogP contribution < -0.4 is 15.3 Å². The highest BCUT2D eigenvalue weighted by atomic mass is 31.2. The zero-order valence-corrected chi connectivity index (χ0v) is 16.0. The van der Waals surface area contributed by atoms with Gasteiger partial charge in [0, 0.05) is 13.1 Å². The molecule has 1 unspecified atom stereocenters. The summed E-state index contributed by atoms with van der Waals surface area (Å²) >= 11 is 0. The lowest BCUT2D eigenvalue weighted by atomic mass is 9.93. The van der Waals surface area contributed by atoms with Crippen molar-refractivity contribution < 1.29 is 14.5 Å². The van der Waals surface area contributed by atoms with E-state index in [9.17, 15) is 9.36 Å². The van der Waals surface area contributed by atoms with Gasteiger partial charge in [-0.25, -0.2) is 15.3 Å². The quantitative estimate of drug-likeness (QED) is 0.484. The molecule has 0 aliphatic heterocycles. The molecule has 0 saturated heterocycles. The molecule has 0 heterocycles. The fourth-order valence-electron chi connectivity index (χ4n) is 1.65. The first-order valence-electron chi connectivity index (χ1n) is 7.85. The molecular formula is C15H34N3O3P. The fraction of sp³-hybridized carbons (Fsp3) is 0.933. The van der Waals surface area contributed by atoms with E-state index in [1.54, 1.807) is 0 Å². The Balaban J connectivity index is 4.67. The Hall–Kier alpha value is -0.420. The lowest BCUT2D eigenvalue weighted by Gasteiger charge is -2.27. The van der Waals surface area contributed by atoms with Crippen molar-refractivity contribution in [3.63, 3.8) is 0 Å². The van der Waals surface area contributed by atoms with Gasteiger partial charge >= 0.3 is 5.97 Å². The summed E-state index contributed by atoms with van der Waals surface area (Å²) in [6.45, 7) is 15.3. The van der Waals surface area contributed by atoms with Gasteiger partial charge in [0.2, 0.25) is 0 Å². The summed E-state index contributed by atoms with van der Waals surface area (Å²) in [7, 11) is -3.13. The first kappa shape index (κ1) is 21.6. The number of nitrogens with one attached hydrogen (secondary N) is 3. The van der Waals surface area contributed by atoms with E-state index in [2.05, 4.69) is 56.8 Å². The summed E-state index contributed by atoms with van der Waals surface area (Å²) in [5, 5.41) is 17.7. The molecule has 0 spiro atoms. The molecule has 0 amide bonds. The third-order valence-corrected chi connectivity index (χ3v) is 5.25. The molecule has 0 radical (unpaired) electrons. The first-order valence-corrected chi connectivity index (χ1v) is 9.56. The Morgan fingerprint density at radius 1 is 1.00 bits per heavy atom. The van der Waals surface area contributed by atoms with Gasteiger partial charge in [0.05, 0.1) is 0 Å². The van der Waals surface area contributed by atoms with Gasteiger partial charge in [0.1, 0.15) is 6.04 Å². The van der Waals surface area contributed by atoms with Gasteiger partial charge in [-0.15, -0.1) is 0 Å². The van der Waals surface area contributed by atoms with Crippen LogP contribution in [0.5, 0.6) is 0 Å². The average molecular weight is 335 g/mol. The maximum Gasteiger partial charge on any atom is 0.320 e. The van der Waals surface area contributed by atoms with Crippen LogP contribution in [0.4, 0.5) is 0 Å². The molecule has 0 bridgehead atoms. The molecule has 0 aromatic carbocycles. The Morgan fingerprint density at radius 2 is 1.36 bits per heavy atom. The summed E-state index contributed by atoms with van der Waals surface area (Å²) in [5.74, 6) is -1.02. The maximum absolute atomic E-state index is 12.9. The standard InChI is InChI=1S/C15H34N3O3P/c1-12(13(19)20)18-22(21,16-10-8-14(2,3)4)17-11-9-15(5,6)7/h12H,8-11H2,1-7H3,(H,19,20)(H3,16,17,18,21). The van der Waals surface area contributed by atoms with E-state index in [0.717, 1.165) is 12.8 Å². The van der Waals surface area contributed by atoms with Crippen molar-refractivity contribution in [2.75, 3.05) is 13.1 Å². The molecule has 1 atom stereocenters. The zero-order valence-electron chi connectivity index (χ0n) is 15.1. The molecule has 22 heavy (non-hydrogen) atoms. The second-order valence-corrected chi connectivity index (χ2v) is 10.3. The van der Waals surface area contributed by atoms with Gasteiger partial charge in [-0.3, -0.25) is 9.36 Å². The van der Waals surface area contributed by atoms with Crippen molar-refractivity contribution in [3.05, 3.63) is 0 Å². The van der Waals surface area contributed by atoms with Crippen LogP contribution in [0.1, 0.15) is 61.3 Å². The van der Waals surface area contributed by atoms with Crippen LogP contribution in [-0.4, -0.2) is 30.2 Å². The van der Waals surface area contributed by atoms with Crippen molar-refractivity contribution in [3.8, 4) is 0 Å². The lowest BCUT2D eigenvalue weighted by molar-refractivity contribution is -0.138. The van der Waals surface area contributed by atoms with Crippen LogP contribution in [0.3, 0.4) is 0 Å². The molecule has 0 aromatic heterocycles. The number of aliphatic carboxylic acids is 1. The molecule has 0 aliphatic carbocycles. The second-order valence-electron chi connectivity index (χ2n) is 8.24. The summed E-state index contributed by atoms with van der Waals surface area (Å²) in [4.78, 5) is 11.0. The summed E-state index contributed by atoms with van der Waals surface area (Å²) in [6.07, 6.45) is 1.70. The van der Waals surface area contributed by atoms with Crippen LogP contribution in [0.2, 0.25) is 0 Å². The summed E-state index contributed by atoms with van der Waals surface area (Å²) in [5.41, 5.74) is 0.253. The van der Waals surface area contributed by atoms with Gasteiger partial charge in [0.25, 0.3) is 7.59 Å². The molecule has 6 nitrogen and oxygen atoms in total. The third kappa shape index (κ3) is 11.2. The number of hydrogen-bond donors (Lipinski definition) is 4. The predicted molar refractivity (Wildman–Crippen MR) is 92.0 cm³/mol. The van der Waals surface area contributed by atoms with E-state index in [1.807, 2.05) is 0 Å². The smallest absolute Gasteiger partial charge is 0.320 e. The number of hydrogen-bond acceptors (Lipinski definition) is 2. The van der Waals surface area contributed by atoms with Crippen molar-refractivity contribution in [1.82, 2.24) is 15.3 Å². The maximum atomic E-state index is 12.9. The van der Waals surface area contributed by atoms with Crippen molar-refractivity contribution >= 4 is 13.6 Å². The number of rotatable bonds is 9. The Labute approximate surface area is 135 Å². The van der Waals surface area contributed by atoms with Crippen LogP contribution in [-0.2, 0) is 9.36 Å². The van der Waals surface area contributed by atoms with Gasteiger partial charge in [-0.05, 0) is 30.6 Å². The van der Waals surface area contributed by atoms with E-state index in [0.29, 0.717) is 13.1 Å². The van der Waals surface area contributed by atoms with E-state index in [4.69, 9.17) is 5.11 Å². The molecule has 0 fully saturated rings. The topological polar surface area (TPSA) is 90.5 Å². The Kier molecular flexibility index (Phi) is 8.28. The summed E-state index contributed by atoms with van der Waals surface area (Å²) < 4.78 is 12.9. The molecule has 0 saturated carbocycles. The Bertz CT molecular complexity index is 376. The molecule has 0 aliphatic rings. The molecular weight excluding hydrogens is 301 g/mol. The van der Waals surface area contributed by atoms with E-state index in [1.165, 1.54) is 6.92 Å². The molecule has 132 valence electrons. The first-order chi connectivity index (χ1) is 9.74. The SMILES string of the molecule is CC(NP(=O)(NCCC(C)(C)C)NCCC(C)(C)C)C(=O)O. The lowest BCUT2D eigenvalue weighted by Crippen LogP contribution is -2.41. The van der Waals surface area contributed by atoms with E-state index in [-0.39, 0.29) is 10.8 Å². The molecule has 7 heteroatoms. The normalized spacial score (nSPS) is 14.9. The average Bonchev–Trinajstić information content (AvgIpc) is 2.24. The van der Waals surface area contributed by atoms with Crippen LogP contribution in [0, 0.1) is 10.8 Å². The van der Waals surface area contributed by atoms with Gasteiger partial charge in [0.15, 0.2) is 0 Å². The summed E-state index contributed by atoms with van der Waals surface area (Å²) in [6, 6.07) is -0.880. The van der Waals surface area contributed by atoms with E-state index >= 15 is 0 Å². The van der Waals surface area contributed by atoms with Crippen LogP contribution >= 0.6 is 7.59 Å². The minimum absolute atomic E-state index is 0.127. The molecule has 0 rings (SSSR count). The second kappa shape index (κ2) is 8.44. The largest absolute Gasteiger partial charge is 0.480 e. The van der Waals surface area contributed by atoms with E-state index < -0.39 is 19.6 Å². The number of carboxylic acids is 1. The minimum atomic E-state index is -3.13. The van der Waals surface area contributed by atoms with Crippen LogP contribution in [0.15, 0.2) is 0 Å². The van der Waals surface area contributed by atoms with Crippen molar-refractivity contribution in [1.29, 1.82) is 0 Å². The number of carbonyl (C=O) groups is 1. The highest BCUT2D eigenvalue weighted by molar-refractivity contribution is 7.57. The van der Waals surface area contributed by atoms with Crippen LogP contribution in [0.25, 0.3) is 0 Å².